The van der Waals surface area contributed by atoms with Gasteiger partial charge < -0.3 is 15.5 Å². The van der Waals surface area contributed by atoms with Gasteiger partial charge in [-0.2, -0.15) is 0 Å². The van der Waals surface area contributed by atoms with E-state index in [2.05, 4.69) is 21.4 Å². The highest BCUT2D eigenvalue weighted by molar-refractivity contribution is 5.71. The molecule has 2 aromatic rings. The van der Waals surface area contributed by atoms with Crippen LogP contribution in [0.5, 0.6) is 5.75 Å². The fraction of sp³-hybridized carbons (Fsp3) is 0.333. The number of benzene rings is 1. The average Bonchev–Trinajstić information content (AvgIpc) is 2.53. The van der Waals surface area contributed by atoms with E-state index in [0.717, 1.165) is 0 Å². The molecule has 0 bridgehead atoms. The first kappa shape index (κ1) is 17.1. The van der Waals surface area contributed by atoms with E-state index >= 15 is 0 Å². The Bertz CT molecular complexity index is 839. The molecule has 0 saturated heterocycles. The molecule has 0 aliphatic heterocycles. The molecule has 0 unspecified atom stereocenters. The maximum atomic E-state index is 13.5. The van der Waals surface area contributed by atoms with E-state index in [1.807, 2.05) is 0 Å². The van der Waals surface area contributed by atoms with E-state index in [1.54, 1.807) is 6.92 Å². The molecule has 3 rings (SSSR count). The molecule has 0 atom stereocenters. The summed E-state index contributed by atoms with van der Waals surface area (Å²) < 4.78 is 27.0. The summed E-state index contributed by atoms with van der Waals surface area (Å²) in [4.78, 5) is 0. The van der Waals surface area contributed by atoms with E-state index in [0.29, 0.717) is 18.4 Å². The van der Waals surface area contributed by atoms with E-state index < -0.39 is 12.0 Å². The Balaban J connectivity index is 1.91. The zero-order valence-electron chi connectivity index (χ0n) is 13.5. The number of rotatable bonds is 4. The number of phenolic OH excluding ortho intramolecular Hbond substituents is 1. The number of nitrogens with one attached hydrogen (secondary N) is 1. The summed E-state index contributed by atoms with van der Waals surface area (Å²) in [6.07, 6.45) is 3.48. The molecule has 1 aliphatic rings. The van der Waals surface area contributed by atoms with Crippen LogP contribution in [-0.4, -0.2) is 32.1 Å². The minimum atomic E-state index is -2.79. The predicted octanol–water partition coefficient (Wildman–Crippen LogP) is 3.09. The molecule has 7 heteroatoms. The van der Waals surface area contributed by atoms with Crippen molar-refractivity contribution in [3.8, 4) is 29.4 Å². The van der Waals surface area contributed by atoms with Gasteiger partial charge in [0.1, 0.15) is 17.3 Å². The zero-order chi connectivity index (χ0) is 18.2. The number of aromatic hydroxyl groups is 1. The Hall–Kier alpha value is -2.72. The number of hydrogen-bond acceptors (Lipinski definition) is 5. The van der Waals surface area contributed by atoms with Crippen LogP contribution in [0.25, 0.3) is 11.3 Å². The summed E-state index contributed by atoms with van der Waals surface area (Å²) in [7, 11) is 0. The first-order valence-electron chi connectivity index (χ1n) is 7.74. The van der Waals surface area contributed by atoms with Gasteiger partial charge in [-0.05, 0) is 44.0 Å². The molecule has 1 aliphatic carbocycles. The van der Waals surface area contributed by atoms with Crippen LogP contribution in [0.4, 0.5) is 14.6 Å². The van der Waals surface area contributed by atoms with Crippen LogP contribution in [0.2, 0.25) is 0 Å². The van der Waals surface area contributed by atoms with E-state index in [-0.39, 0.29) is 34.4 Å². The third kappa shape index (κ3) is 3.54. The Morgan fingerprint density at radius 2 is 2.04 bits per heavy atom. The van der Waals surface area contributed by atoms with E-state index in [1.165, 1.54) is 24.3 Å². The number of halogens is 2. The van der Waals surface area contributed by atoms with Crippen molar-refractivity contribution in [1.29, 1.82) is 0 Å². The molecule has 130 valence electrons. The van der Waals surface area contributed by atoms with Gasteiger partial charge in [-0.25, -0.2) is 8.78 Å². The number of aromatic nitrogens is 2. The first-order valence-corrected chi connectivity index (χ1v) is 7.74. The van der Waals surface area contributed by atoms with Gasteiger partial charge in [0.25, 0.3) is 6.43 Å². The topological polar surface area (TPSA) is 78.3 Å². The molecular weight excluding hydrogens is 328 g/mol. The van der Waals surface area contributed by atoms with Crippen molar-refractivity contribution in [3.05, 3.63) is 35.4 Å². The lowest BCUT2D eigenvalue weighted by molar-refractivity contribution is -0.0235. The maximum Gasteiger partial charge on any atom is 0.266 e. The maximum absolute atomic E-state index is 13.5. The molecule has 0 spiro atoms. The van der Waals surface area contributed by atoms with Crippen LogP contribution < -0.4 is 5.32 Å². The number of hydrogen-bond donors (Lipinski definition) is 3. The molecule has 0 radical (unpaired) electrons. The standard InChI is InChI=1S/C18H17F2N3O2/c1-3-10-4-5-12(14(24)6-10)16-13(17(19)20)7-15(22-23-16)21-11-8-18(2,25)9-11/h1,4-7,11,17,24-25H,8-9H2,2H3,(H,21,22). The second-order valence-corrected chi connectivity index (χ2v) is 6.46. The minimum Gasteiger partial charge on any atom is -0.507 e. The third-order valence-electron chi connectivity index (χ3n) is 4.20. The zero-order valence-corrected chi connectivity index (χ0v) is 13.5. The molecule has 0 amide bonds. The van der Waals surface area contributed by atoms with Gasteiger partial charge in [-0.1, -0.05) is 5.92 Å². The highest BCUT2D eigenvalue weighted by Crippen LogP contribution is 2.37. The van der Waals surface area contributed by atoms with Crippen LogP contribution in [0, 0.1) is 12.3 Å². The number of phenols is 1. The predicted molar refractivity (Wildman–Crippen MR) is 89.3 cm³/mol. The molecule has 1 heterocycles. The van der Waals surface area contributed by atoms with E-state index in [4.69, 9.17) is 6.42 Å². The first-order chi connectivity index (χ1) is 11.8. The fourth-order valence-electron chi connectivity index (χ4n) is 2.99. The summed E-state index contributed by atoms with van der Waals surface area (Å²) in [5, 5.41) is 30.6. The Morgan fingerprint density at radius 3 is 2.60 bits per heavy atom. The number of aliphatic hydroxyl groups is 1. The Morgan fingerprint density at radius 1 is 1.32 bits per heavy atom. The summed E-state index contributed by atoms with van der Waals surface area (Å²) in [5.41, 5.74) is -0.598. The van der Waals surface area contributed by atoms with Gasteiger partial charge in [0, 0.05) is 22.7 Å². The minimum absolute atomic E-state index is 0.0380. The van der Waals surface area contributed by atoms with Crippen LogP contribution in [0.3, 0.4) is 0 Å². The van der Waals surface area contributed by atoms with Gasteiger partial charge in [-0.15, -0.1) is 16.6 Å². The normalized spacial score (nSPS) is 22.3. The van der Waals surface area contributed by atoms with Crippen molar-refractivity contribution in [2.45, 2.75) is 37.8 Å². The second kappa shape index (κ2) is 6.30. The van der Waals surface area contributed by atoms with Gasteiger partial charge in [0.15, 0.2) is 0 Å². The van der Waals surface area contributed by atoms with Crippen LogP contribution >= 0.6 is 0 Å². The fourth-order valence-corrected chi connectivity index (χ4v) is 2.99. The third-order valence-corrected chi connectivity index (χ3v) is 4.20. The Kier molecular flexibility index (Phi) is 4.31. The lowest BCUT2D eigenvalue weighted by Crippen LogP contribution is -2.48. The van der Waals surface area contributed by atoms with E-state index in [9.17, 15) is 19.0 Å². The van der Waals surface area contributed by atoms with Gasteiger partial charge in [-0.3, -0.25) is 0 Å². The number of terminal acetylenes is 1. The SMILES string of the molecule is C#Cc1ccc(-c2nnc(NC3CC(C)(O)C3)cc2C(F)F)c(O)c1. The summed E-state index contributed by atoms with van der Waals surface area (Å²) in [5.74, 6) is 2.33. The lowest BCUT2D eigenvalue weighted by Gasteiger charge is -2.41. The monoisotopic (exact) mass is 345 g/mol. The number of nitrogens with zero attached hydrogens (tertiary/aromatic N) is 2. The molecule has 1 aromatic carbocycles. The number of anilines is 1. The van der Waals surface area contributed by atoms with Crippen LogP contribution in [0.15, 0.2) is 24.3 Å². The summed E-state index contributed by atoms with van der Waals surface area (Å²) >= 11 is 0. The molecule has 1 saturated carbocycles. The highest BCUT2D eigenvalue weighted by Gasteiger charge is 2.38. The molecule has 3 N–H and O–H groups in total. The van der Waals surface area contributed by atoms with Crippen molar-refractivity contribution < 1.29 is 19.0 Å². The second-order valence-electron chi connectivity index (χ2n) is 6.46. The van der Waals surface area contributed by atoms with Gasteiger partial charge in [0.2, 0.25) is 0 Å². The van der Waals surface area contributed by atoms with Gasteiger partial charge in [0.05, 0.1) is 5.60 Å². The number of alkyl halides is 2. The smallest absolute Gasteiger partial charge is 0.266 e. The summed E-state index contributed by atoms with van der Waals surface area (Å²) in [6, 6.07) is 5.47. The van der Waals surface area contributed by atoms with Crippen molar-refractivity contribution in [2.75, 3.05) is 5.32 Å². The van der Waals surface area contributed by atoms with Crippen molar-refractivity contribution in [2.24, 2.45) is 0 Å². The molecule has 25 heavy (non-hydrogen) atoms. The van der Waals surface area contributed by atoms with Crippen molar-refractivity contribution >= 4 is 5.82 Å². The molecule has 1 fully saturated rings. The lowest BCUT2D eigenvalue weighted by atomic mass is 9.77. The molecule has 1 aromatic heterocycles. The molecular formula is C18H17F2N3O2. The Labute approximate surface area is 143 Å². The van der Waals surface area contributed by atoms with Gasteiger partial charge >= 0.3 is 0 Å². The van der Waals surface area contributed by atoms with Crippen molar-refractivity contribution in [3.63, 3.8) is 0 Å². The van der Waals surface area contributed by atoms with Crippen molar-refractivity contribution in [1.82, 2.24) is 10.2 Å². The summed E-state index contributed by atoms with van der Waals surface area (Å²) in [6.45, 7) is 1.72. The quantitative estimate of drug-likeness (QED) is 0.742. The van der Waals surface area contributed by atoms with Crippen LogP contribution in [0.1, 0.15) is 37.3 Å². The average molecular weight is 345 g/mol. The molecule has 5 nitrogen and oxygen atoms in total. The largest absolute Gasteiger partial charge is 0.507 e. The van der Waals surface area contributed by atoms with Crippen LogP contribution in [-0.2, 0) is 0 Å². The highest BCUT2D eigenvalue weighted by atomic mass is 19.3.